The van der Waals surface area contributed by atoms with Gasteiger partial charge in [0.25, 0.3) is 5.69 Å². The number of halogens is 2. The zero-order valence-electron chi connectivity index (χ0n) is 17.7. The fourth-order valence-corrected chi connectivity index (χ4v) is 3.80. The molecule has 0 fully saturated rings. The average molecular weight is 502 g/mol. The maximum Gasteiger partial charge on any atom is 0.347 e. The molecule has 4 aromatic rings. The topological polar surface area (TPSA) is 106 Å². The molecule has 0 radical (unpaired) electrons. The van der Waals surface area contributed by atoms with Gasteiger partial charge in [0.05, 0.1) is 45.1 Å². The minimum Gasteiger partial charge on any atom is -0.497 e. The van der Waals surface area contributed by atoms with Crippen molar-refractivity contribution in [3.8, 4) is 17.4 Å². The van der Waals surface area contributed by atoms with E-state index in [1.54, 1.807) is 41.1 Å². The first-order valence-corrected chi connectivity index (χ1v) is 10.7. The first-order chi connectivity index (χ1) is 16.4. The summed E-state index contributed by atoms with van der Waals surface area (Å²) >= 11 is 12.3. The van der Waals surface area contributed by atoms with E-state index in [-0.39, 0.29) is 33.8 Å². The Morgan fingerprint density at radius 2 is 1.74 bits per heavy atom. The molecule has 1 heterocycles. The van der Waals surface area contributed by atoms with Crippen molar-refractivity contribution in [1.82, 2.24) is 9.78 Å². The van der Waals surface area contributed by atoms with Crippen LogP contribution in [0, 0.1) is 10.1 Å². The second-order valence-electron chi connectivity index (χ2n) is 7.00. The molecule has 1 aromatic heterocycles. The van der Waals surface area contributed by atoms with Gasteiger partial charge in [-0.25, -0.2) is 4.79 Å². The van der Waals surface area contributed by atoms with Gasteiger partial charge in [-0.1, -0.05) is 29.3 Å². The molecular formula is C23H17Cl2N3O6. The number of hydrogen-bond acceptors (Lipinski definition) is 7. The largest absolute Gasteiger partial charge is 0.497 e. The van der Waals surface area contributed by atoms with Gasteiger partial charge in [-0.3, -0.25) is 14.8 Å². The number of nitrogens with zero attached hydrogens (tertiary/aromatic N) is 3. The molecule has 0 N–H and O–H groups in total. The Balaban J connectivity index is 1.57. The van der Waals surface area contributed by atoms with Crippen LogP contribution in [0.5, 0.6) is 17.4 Å². The summed E-state index contributed by atoms with van der Waals surface area (Å²) in [5, 5.41) is 16.1. The third-order valence-electron chi connectivity index (χ3n) is 4.90. The van der Waals surface area contributed by atoms with E-state index in [9.17, 15) is 14.9 Å². The van der Waals surface area contributed by atoms with Crippen molar-refractivity contribution in [2.45, 2.75) is 6.54 Å². The van der Waals surface area contributed by atoms with Crippen LogP contribution in [0.15, 0.2) is 60.7 Å². The summed E-state index contributed by atoms with van der Waals surface area (Å²) in [4.78, 5) is 23.1. The number of benzene rings is 3. The summed E-state index contributed by atoms with van der Waals surface area (Å²) in [6, 6.07) is 15.7. The lowest BCUT2D eigenvalue weighted by molar-refractivity contribution is -0.384. The van der Waals surface area contributed by atoms with E-state index in [0.717, 1.165) is 0 Å². The van der Waals surface area contributed by atoms with Crippen LogP contribution in [0.25, 0.3) is 10.9 Å². The lowest BCUT2D eigenvalue weighted by atomic mass is 10.2. The second kappa shape index (κ2) is 9.98. The number of esters is 1. The van der Waals surface area contributed by atoms with Crippen molar-refractivity contribution >= 4 is 45.8 Å². The maximum absolute atomic E-state index is 12.8. The Kier molecular flexibility index (Phi) is 6.85. The zero-order valence-corrected chi connectivity index (χ0v) is 19.2. The number of aromatic nitrogens is 2. The van der Waals surface area contributed by atoms with Gasteiger partial charge in [-0.05, 0) is 42.5 Å². The summed E-state index contributed by atoms with van der Waals surface area (Å²) in [5.74, 6) is 0.350. The highest BCUT2D eigenvalue weighted by atomic mass is 35.5. The van der Waals surface area contributed by atoms with Crippen LogP contribution in [0.1, 0.15) is 10.4 Å². The number of hydrogen-bond donors (Lipinski definition) is 0. The van der Waals surface area contributed by atoms with Crippen molar-refractivity contribution in [3.63, 3.8) is 0 Å². The summed E-state index contributed by atoms with van der Waals surface area (Å²) in [6.07, 6.45) is 0. The van der Waals surface area contributed by atoms with Crippen molar-refractivity contribution in [3.05, 3.63) is 86.4 Å². The van der Waals surface area contributed by atoms with E-state index in [4.69, 9.17) is 37.4 Å². The number of nitro benzene ring substituents is 1. The molecule has 0 unspecified atom stereocenters. The zero-order chi connectivity index (χ0) is 24.2. The van der Waals surface area contributed by atoms with Gasteiger partial charge < -0.3 is 14.2 Å². The molecule has 4 rings (SSSR count). The molecule has 0 aliphatic carbocycles. The molecule has 0 aliphatic heterocycles. The smallest absolute Gasteiger partial charge is 0.347 e. The van der Waals surface area contributed by atoms with Crippen LogP contribution < -0.4 is 14.2 Å². The molecule has 0 bridgehead atoms. The van der Waals surface area contributed by atoms with Crippen molar-refractivity contribution in [2.75, 3.05) is 13.7 Å². The van der Waals surface area contributed by atoms with Gasteiger partial charge in [-0.15, -0.1) is 5.10 Å². The van der Waals surface area contributed by atoms with Gasteiger partial charge >= 0.3 is 5.97 Å². The Hall–Kier alpha value is -3.82. The molecule has 11 heteroatoms. The fraction of sp³-hybridized carbons (Fsp3) is 0.130. The summed E-state index contributed by atoms with van der Waals surface area (Å²) in [7, 11) is 1.53. The third-order valence-corrected chi connectivity index (χ3v) is 5.53. The molecule has 0 spiro atoms. The number of methoxy groups -OCH3 is 1. The molecule has 9 nitrogen and oxygen atoms in total. The molecular weight excluding hydrogens is 485 g/mol. The number of carbonyl (C=O) groups excluding carboxylic acids is 1. The lowest BCUT2D eigenvalue weighted by Crippen LogP contribution is -2.12. The van der Waals surface area contributed by atoms with E-state index >= 15 is 0 Å². The van der Waals surface area contributed by atoms with E-state index in [0.29, 0.717) is 28.9 Å². The van der Waals surface area contributed by atoms with Gasteiger partial charge in [0, 0.05) is 12.1 Å². The van der Waals surface area contributed by atoms with E-state index in [1.807, 2.05) is 0 Å². The number of ether oxygens (including phenoxy) is 3. The minimum atomic E-state index is -0.743. The first-order valence-electron chi connectivity index (χ1n) is 9.95. The van der Waals surface area contributed by atoms with Crippen molar-refractivity contribution in [1.29, 1.82) is 0 Å². The Bertz CT molecular complexity index is 1350. The second-order valence-corrected chi connectivity index (χ2v) is 7.81. The van der Waals surface area contributed by atoms with Crippen LogP contribution in [-0.4, -0.2) is 34.4 Å². The summed E-state index contributed by atoms with van der Waals surface area (Å²) < 4.78 is 18.1. The molecule has 0 amide bonds. The third kappa shape index (κ3) is 4.90. The fourth-order valence-electron chi connectivity index (χ4n) is 3.25. The van der Waals surface area contributed by atoms with Gasteiger partial charge in [0.15, 0.2) is 0 Å². The number of carbonyl (C=O) groups is 1. The average Bonchev–Trinajstić information content (AvgIpc) is 3.15. The quantitative estimate of drug-likeness (QED) is 0.177. The number of rotatable bonds is 8. The molecule has 0 saturated heterocycles. The standard InChI is InChI=1S/C23H17Cl2N3O6/c1-32-16-9-10-20-17(13-16)22(34-23(29)21-18(24)3-2-4-19(21)25)26-27(20)11-12-33-15-7-5-14(6-8-15)28(30)31/h2-10,13H,11-12H2,1H3. The molecule has 34 heavy (non-hydrogen) atoms. The van der Waals surface area contributed by atoms with Crippen LogP contribution in [0.3, 0.4) is 0 Å². The van der Waals surface area contributed by atoms with E-state index < -0.39 is 10.9 Å². The molecule has 3 aromatic carbocycles. The van der Waals surface area contributed by atoms with Crippen LogP contribution in [-0.2, 0) is 6.54 Å². The molecule has 0 saturated carbocycles. The molecule has 0 aliphatic rings. The first kappa shape index (κ1) is 23.3. The normalized spacial score (nSPS) is 10.8. The Morgan fingerprint density at radius 1 is 1.06 bits per heavy atom. The van der Waals surface area contributed by atoms with Crippen LogP contribution in [0.4, 0.5) is 5.69 Å². The Morgan fingerprint density at radius 3 is 2.38 bits per heavy atom. The SMILES string of the molecule is COc1ccc2c(c1)c(OC(=O)c1c(Cl)cccc1Cl)nn2CCOc1ccc([N+](=O)[O-])cc1. The number of fused-ring (bicyclic) bond motifs is 1. The predicted octanol–water partition coefficient (Wildman–Crippen LogP) is 5.56. The number of nitro groups is 1. The molecule has 174 valence electrons. The van der Waals surface area contributed by atoms with Gasteiger partial charge in [0.2, 0.25) is 5.88 Å². The maximum atomic E-state index is 12.8. The van der Waals surface area contributed by atoms with E-state index in [1.165, 1.54) is 31.4 Å². The predicted molar refractivity (Wildman–Crippen MR) is 126 cm³/mol. The van der Waals surface area contributed by atoms with E-state index in [2.05, 4.69) is 5.10 Å². The summed E-state index contributed by atoms with van der Waals surface area (Å²) in [6.45, 7) is 0.522. The Labute approximate surface area is 203 Å². The highest BCUT2D eigenvalue weighted by Gasteiger charge is 2.21. The highest BCUT2D eigenvalue weighted by Crippen LogP contribution is 2.31. The monoisotopic (exact) mass is 501 g/mol. The van der Waals surface area contributed by atoms with Crippen molar-refractivity contribution in [2.24, 2.45) is 0 Å². The van der Waals surface area contributed by atoms with Crippen molar-refractivity contribution < 1.29 is 23.9 Å². The number of non-ortho nitro benzene ring substituents is 1. The van der Waals surface area contributed by atoms with Gasteiger partial charge in [-0.2, -0.15) is 0 Å². The van der Waals surface area contributed by atoms with Crippen LogP contribution >= 0.6 is 23.2 Å². The highest BCUT2D eigenvalue weighted by molar-refractivity contribution is 6.39. The van der Waals surface area contributed by atoms with Gasteiger partial charge in [0.1, 0.15) is 18.1 Å². The van der Waals surface area contributed by atoms with Crippen LogP contribution in [0.2, 0.25) is 10.0 Å². The minimum absolute atomic E-state index is 0.0237. The molecule has 0 atom stereocenters. The summed E-state index contributed by atoms with van der Waals surface area (Å²) in [5.41, 5.74) is 0.698. The lowest BCUT2D eigenvalue weighted by Gasteiger charge is -2.07.